The molecule has 2 unspecified atom stereocenters. The van der Waals surface area contributed by atoms with Gasteiger partial charge in [-0.15, -0.1) is 0 Å². The molecule has 0 bridgehead atoms. The summed E-state index contributed by atoms with van der Waals surface area (Å²) >= 11 is 0. The molecule has 3 aliphatic carbocycles. The van der Waals surface area contributed by atoms with Crippen LogP contribution >= 0.6 is 0 Å². The van der Waals surface area contributed by atoms with Gasteiger partial charge in [0, 0.05) is 30.9 Å². The molecule has 0 radical (unpaired) electrons. The van der Waals surface area contributed by atoms with E-state index in [9.17, 15) is 0 Å². The minimum atomic E-state index is 0.523. The van der Waals surface area contributed by atoms with E-state index in [4.69, 9.17) is 0 Å². The first-order valence-corrected chi connectivity index (χ1v) is 11.4. The molecule has 146 valence electrons. The van der Waals surface area contributed by atoms with Crippen LogP contribution in [0.15, 0.2) is 18.3 Å². The van der Waals surface area contributed by atoms with Crippen molar-refractivity contribution in [2.75, 3.05) is 13.1 Å². The van der Waals surface area contributed by atoms with Crippen LogP contribution in [0.4, 0.5) is 0 Å². The maximum Gasteiger partial charge on any atom is 0.0352 e. The van der Waals surface area contributed by atoms with Gasteiger partial charge in [0.2, 0.25) is 0 Å². The molecular weight excluding hydrogens is 328 g/mol. The van der Waals surface area contributed by atoms with Crippen LogP contribution < -0.4 is 5.32 Å². The standard InChI is InChI=1S/C25H36N2/c1-16(26-14-17(2)27-15-25(18(27)3)19-10-11-19)12-24-22-8-4-6-20(22)13-21-7-5-9-23(21)24/h13,16,18-19,25-26H,2,4-12,14-15H2,1,3H3/t16?,18?,25-/m0/s1. The highest BCUT2D eigenvalue weighted by atomic mass is 15.2. The molecular formula is C25H36N2. The second kappa shape index (κ2) is 6.95. The summed E-state index contributed by atoms with van der Waals surface area (Å²) < 4.78 is 0. The fourth-order valence-electron chi connectivity index (χ4n) is 6.08. The van der Waals surface area contributed by atoms with Gasteiger partial charge in [0.15, 0.2) is 0 Å². The number of nitrogens with zero attached hydrogens (tertiary/aromatic N) is 1. The predicted molar refractivity (Wildman–Crippen MR) is 113 cm³/mol. The summed E-state index contributed by atoms with van der Waals surface area (Å²) in [5.74, 6) is 1.96. The molecule has 5 rings (SSSR count). The van der Waals surface area contributed by atoms with Crippen LogP contribution in [-0.4, -0.2) is 30.1 Å². The van der Waals surface area contributed by atoms with Gasteiger partial charge < -0.3 is 10.2 Å². The van der Waals surface area contributed by atoms with E-state index in [1.54, 1.807) is 27.8 Å². The number of benzene rings is 1. The van der Waals surface area contributed by atoms with Crippen molar-refractivity contribution in [3.63, 3.8) is 0 Å². The molecule has 0 spiro atoms. The Hall–Kier alpha value is -1.28. The molecule has 3 atom stereocenters. The largest absolute Gasteiger partial charge is 0.371 e. The van der Waals surface area contributed by atoms with Crippen LogP contribution in [-0.2, 0) is 32.1 Å². The molecule has 1 saturated heterocycles. The van der Waals surface area contributed by atoms with Crippen molar-refractivity contribution in [3.05, 3.63) is 46.2 Å². The third-order valence-electron chi connectivity index (χ3n) is 7.92. The van der Waals surface area contributed by atoms with E-state index in [2.05, 4.69) is 36.7 Å². The lowest BCUT2D eigenvalue weighted by Crippen LogP contribution is -2.55. The smallest absolute Gasteiger partial charge is 0.0352 e. The maximum atomic E-state index is 4.40. The Kier molecular flexibility index (Phi) is 4.58. The molecule has 2 nitrogen and oxygen atoms in total. The molecule has 1 N–H and O–H groups in total. The quantitative estimate of drug-likeness (QED) is 0.770. The van der Waals surface area contributed by atoms with E-state index in [0.29, 0.717) is 12.1 Å². The van der Waals surface area contributed by atoms with Gasteiger partial charge in [-0.2, -0.15) is 0 Å². The Balaban J connectivity index is 1.19. The van der Waals surface area contributed by atoms with Crippen molar-refractivity contribution in [2.45, 2.75) is 83.7 Å². The van der Waals surface area contributed by atoms with Crippen LogP contribution in [0.1, 0.15) is 67.3 Å². The molecule has 1 aromatic rings. The summed E-state index contributed by atoms with van der Waals surface area (Å²) in [6.45, 7) is 11.4. The number of hydrogen-bond acceptors (Lipinski definition) is 2. The average molecular weight is 365 g/mol. The average Bonchev–Trinajstić information content (AvgIpc) is 3.16. The van der Waals surface area contributed by atoms with Crippen LogP contribution in [0, 0.1) is 11.8 Å². The molecule has 4 aliphatic rings. The third-order valence-corrected chi connectivity index (χ3v) is 7.92. The predicted octanol–water partition coefficient (Wildman–Crippen LogP) is 4.43. The molecule has 1 aliphatic heterocycles. The van der Waals surface area contributed by atoms with Crippen molar-refractivity contribution in [1.82, 2.24) is 10.2 Å². The third kappa shape index (κ3) is 3.24. The van der Waals surface area contributed by atoms with Gasteiger partial charge in [0.25, 0.3) is 0 Å². The van der Waals surface area contributed by atoms with Crippen molar-refractivity contribution < 1.29 is 0 Å². The monoisotopic (exact) mass is 364 g/mol. The highest BCUT2D eigenvalue weighted by molar-refractivity contribution is 5.50. The molecule has 1 saturated carbocycles. The minimum Gasteiger partial charge on any atom is -0.371 e. The molecule has 0 amide bonds. The number of likely N-dealkylation sites (tertiary alicyclic amines) is 1. The Morgan fingerprint density at radius 2 is 1.81 bits per heavy atom. The Morgan fingerprint density at radius 3 is 2.41 bits per heavy atom. The number of hydrogen-bond donors (Lipinski definition) is 1. The zero-order valence-corrected chi connectivity index (χ0v) is 17.3. The van der Waals surface area contributed by atoms with E-state index in [1.807, 2.05) is 0 Å². The van der Waals surface area contributed by atoms with Gasteiger partial charge in [-0.3, -0.25) is 0 Å². The molecule has 27 heavy (non-hydrogen) atoms. The lowest BCUT2D eigenvalue weighted by molar-refractivity contribution is 0.0459. The summed E-state index contributed by atoms with van der Waals surface area (Å²) in [6.07, 6.45) is 12.1. The summed E-state index contributed by atoms with van der Waals surface area (Å²) in [6, 6.07) is 3.78. The Morgan fingerprint density at radius 1 is 1.15 bits per heavy atom. The maximum absolute atomic E-state index is 4.40. The fourth-order valence-corrected chi connectivity index (χ4v) is 6.08. The summed E-state index contributed by atoms with van der Waals surface area (Å²) in [4.78, 5) is 2.54. The number of nitrogens with one attached hydrogen (secondary N) is 1. The van der Waals surface area contributed by atoms with Gasteiger partial charge >= 0.3 is 0 Å². The van der Waals surface area contributed by atoms with Gasteiger partial charge in [-0.05, 0) is 111 Å². The first-order chi connectivity index (χ1) is 13.1. The van der Waals surface area contributed by atoms with Crippen molar-refractivity contribution in [2.24, 2.45) is 11.8 Å². The van der Waals surface area contributed by atoms with Gasteiger partial charge in [0.1, 0.15) is 0 Å². The van der Waals surface area contributed by atoms with Gasteiger partial charge in [-0.1, -0.05) is 12.6 Å². The second-order valence-corrected chi connectivity index (χ2v) is 9.78. The highest BCUT2D eigenvalue weighted by Crippen LogP contribution is 2.45. The highest BCUT2D eigenvalue weighted by Gasteiger charge is 2.44. The first-order valence-electron chi connectivity index (χ1n) is 11.4. The van der Waals surface area contributed by atoms with E-state index < -0.39 is 0 Å². The summed E-state index contributed by atoms with van der Waals surface area (Å²) in [5, 5.41) is 3.80. The first kappa shape index (κ1) is 17.8. The van der Waals surface area contributed by atoms with Gasteiger partial charge in [-0.25, -0.2) is 0 Å². The lowest BCUT2D eigenvalue weighted by atomic mass is 9.85. The Bertz CT molecular complexity index is 713. The zero-order valence-electron chi connectivity index (χ0n) is 17.3. The number of fused-ring (bicyclic) bond motifs is 2. The minimum absolute atomic E-state index is 0.523. The van der Waals surface area contributed by atoms with Crippen molar-refractivity contribution in [1.29, 1.82) is 0 Å². The molecule has 0 aromatic heterocycles. The number of rotatable bonds is 7. The number of aryl methyl sites for hydroxylation is 2. The van der Waals surface area contributed by atoms with E-state index in [1.165, 1.54) is 70.0 Å². The van der Waals surface area contributed by atoms with Crippen LogP contribution in [0.3, 0.4) is 0 Å². The topological polar surface area (TPSA) is 15.3 Å². The molecule has 1 aromatic carbocycles. The fraction of sp³-hybridized carbons (Fsp3) is 0.680. The van der Waals surface area contributed by atoms with E-state index in [-0.39, 0.29) is 0 Å². The normalized spacial score (nSPS) is 27.3. The van der Waals surface area contributed by atoms with Crippen molar-refractivity contribution in [3.8, 4) is 0 Å². The molecule has 2 heteroatoms. The van der Waals surface area contributed by atoms with E-state index in [0.717, 1.165) is 18.4 Å². The van der Waals surface area contributed by atoms with Crippen LogP contribution in [0.25, 0.3) is 0 Å². The van der Waals surface area contributed by atoms with E-state index >= 15 is 0 Å². The summed E-state index contributed by atoms with van der Waals surface area (Å²) in [5.41, 5.74) is 9.79. The Labute approximate surface area is 165 Å². The second-order valence-electron chi connectivity index (χ2n) is 9.78. The van der Waals surface area contributed by atoms with Gasteiger partial charge in [0.05, 0.1) is 0 Å². The lowest BCUT2D eigenvalue weighted by Gasteiger charge is -2.49. The summed E-state index contributed by atoms with van der Waals surface area (Å²) in [7, 11) is 0. The van der Waals surface area contributed by atoms with Crippen molar-refractivity contribution >= 4 is 0 Å². The molecule has 2 fully saturated rings. The molecule has 1 heterocycles. The van der Waals surface area contributed by atoms with Crippen LogP contribution in [0.2, 0.25) is 0 Å². The SMILES string of the molecule is C=C(CNC(C)Cc1c2c(cc3c1CCC3)CCC2)N1C[C@H](C2CC2)C1C. The van der Waals surface area contributed by atoms with Crippen LogP contribution in [0.5, 0.6) is 0 Å². The zero-order chi connectivity index (χ0) is 18.5.